The average molecular weight is 366 g/mol. The van der Waals surface area contributed by atoms with Crippen LogP contribution in [0.5, 0.6) is 11.5 Å². The molecule has 0 aliphatic carbocycles. The highest BCUT2D eigenvalue weighted by molar-refractivity contribution is 5.50. The molecule has 27 heavy (non-hydrogen) atoms. The SMILES string of the molecule is c1ncn(Cc2nc(CCn3cnnn3)n(-c3ccc4c(c3)OCO4)n2)n1. The van der Waals surface area contributed by atoms with Crippen molar-refractivity contribution in [1.29, 1.82) is 0 Å². The van der Waals surface area contributed by atoms with Gasteiger partial charge in [0.25, 0.3) is 0 Å². The molecule has 0 unspecified atom stereocenters. The molecule has 0 spiro atoms. The van der Waals surface area contributed by atoms with Crippen LogP contribution >= 0.6 is 0 Å². The lowest BCUT2D eigenvalue weighted by Gasteiger charge is -2.06. The minimum Gasteiger partial charge on any atom is -0.454 e. The molecule has 1 aromatic carbocycles. The molecule has 0 bridgehead atoms. The Morgan fingerprint density at radius 2 is 2.04 bits per heavy atom. The predicted molar refractivity (Wildman–Crippen MR) is 88.1 cm³/mol. The van der Waals surface area contributed by atoms with Gasteiger partial charge in [-0.05, 0) is 22.6 Å². The highest BCUT2D eigenvalue weighted by Gasteiger charge is 2.18. The van der Waals surface area contributed by atoms with Gasteiger partial charge in [0.05, 0.1) is 12.2 Å². The van der Waals surface area contributed by atoms with Crippen LogP contribution in [0.25, 0.3) is 5.69 Å². The maximum absolute atomic E-state index is 5.47. The molecule has 0 atom stereocenters. The molecular formula is C15H14N10O2. The Labute approximate surface area is 152 Å². The van der Waals surface area contributed by atoms with Crippen LogP contribution < -0.4 is 9.47 Å². The Morgan fingerprint density at radius 3 is 2.89 bits per heavy atom. The minimum atomic E-state index is 0.222. The largest absolute Gasteiger partial charge is 0.454 e. The molecule has 0 saturated carbocycles. The van der Waals surface area contributed by atoms with Crippen molar-refractivity contribution in [1.82, 2.24) is 49.7 Å². The van der Waals surface area contributed by atoms with Crippen LogP contribution in [0.3, 0.4) is 0 Å². The normalized spacial score (nSPS) is 12.6. The van der Waals surface area contributed by atoms with Crippen molar-refractivity contribution in [3.8, 4) is 17.2 Å². The van der Waals surface area contributed by atoms with E-state index in [1.165, 1.54) is 6.33 Å². The number of nitrogens with zero attached hydrogens (tertiary/aromatic N) is 10. The summed E-state index contributed by atoms with van der Waals surface area (Å²) >= 11 is 0. The summed E-state index contributed by atoms with van der Waals surface area (Å²) in [5.41, 5.74) is 0.836. The van der Waals surface area contributed by atoms with Crippen LogP contribution in [0.1, 0.15) is 11.6 Å². The zero-order valence-electron chi connectivity index (χ0n) is 14.1. The first kappa shape index (κ1) is 15.4. The third-order valence-corrected chi connectivity index (χ3v) is 4.04. The van der Waals surface area contributed by atoms with E-state index in [0.717, 1.165) is 17.3 Å². The van der Waals surface area contributed by atoms with Gasteiger partial charge >= 0.3 is 0 Å². The number of benzene rings is 1. The number of tetrazole rings is 1. The smallest absolute Gasteiger partial charge is 0.231 e. The lowest BCUT2D eigenvalue weighted by atomic mass is 10.2. The number of ether oxygens (including phenoxy) is 2. The number of hydrogen-bond acceptors (Lipinski definition) is 9. The molecule has 0 radical (unpaired) electrons. The van der Waals surface area contributed by atoms with Crippen molar-refractivity contribution in [2.24, 2.45) is 0 Å². The van der Waals surface area contributed by atoms with Crippen molar-refractivity contribution in [2.75, 3.05) is 6.79 Å². The molecule has 4 heterocycles. The van der Waals surface area contributed by atoms with Gasteiger partial charge in [0, 0.05) is 12.5 Å². The fraction of sp³-hybridized carbons (Fsp3) is 0.267. The molecule has 0 saturated heterocycles. The third kappa shape index (κ3) is 3.07. The molecular weight excluding hydrogens is 352 g/mol. The second-order valence-electron chi connectivity index (χ2n) is 5.81. The standard InChI is InChI=1S/C15H14N10O2/c1-2-12-13(27-10-26-12)5-11(1)25-15(3-4-23-9-17-21-22-23)19-14(20-25)6-24-8-16-7-18-24/h1-2,5,7-9H,3-4,6,10H2. The van der Waals surface area contributed by atoms with E-state index in [4.69, 9.17) is 9.47 Å². The second-order valence-corrected chi connectivity index (χ2v) is 5.81. The van der Waals surface area contributed by atoms with Gasteiger partial charge in [0.1, 0.15) is 31.4 Å². The number of hydrogen-bond donors (Lipinski definition) is 0. The van der Waals surface area contributed by atoms with Gasteiger partial charge in [-0.25, -0.2) is 24.0 Å². The predicted octanol–water partition coefficient (Wildman–Crippen LogP) is -0.135. The molecule has 4 aromatic rings. The van der Waals surface area contributed by atoms with Crippen molar-refractivity contribution < 1.29 is 9.47 Å². The highest BCUT2D eigenvalue weighted by Crippen LogP contribution is 2.33. The van der Waals surface area contributed by atoms with E-state index in [9.17, 15) is 0 Å². The van der Waals surface area contributed by atoms with Gasteiger partial charge in [-0.15, -0.1) is 10.2 Å². The van der Waals surface area contributed by atoms with Crippen LogP contribution in [-0.2, 0) is 19.5 Å². The number of fused-ring (bicyclic) bond motifs is 1. The summed E-state index contributed by atoms with van der Waals surface area (Å²) in [4.78, 5) is 8.61. The lowest BCUT2D eigenvalue weighted by Crippen LogP contribution is -2.08. The fourth-order valence-corrected chi connectivity index (χ4v) is 2.80. The summed E-state index contributed by atoms with van der Waals surface area (Å²) in [7, 11) is 0. The van der Waals surface area contributed by atoms with Crippen molar-refractivity contribution in [3.05, 3.63) is 48.8 Å². The first-order valence-electron chi connectivity index (χ1n) is 8.23. The Kier molecular flexibility index (Phi) is 3.70. The monoisotopic (exact) mass is 366 g/mol. The van der Waals surface area contributed by atoms with E-state index in [1.54, 1.807) is 26.7 Å². The van der Waals surface area contributed by atoms with Crippen molar-refractivity contribution >= 4 is 0 Å². The molecule has 0 fully saturated rings. The quantitative estimate of drug-likeness (QED) is 0.459. The Morgan fingerprint density at radius 1 is 1.07 bits per heavy atom. The van der Waals surface area contributed by atoms with Crippen molar-refractivity contribution in [3.63, 3.8) is 0 Å². The fourth-order valence-electron chi connectivity index (χ4n) is 2.80. The molecule has 3 aromatic heterocycles. The molecule has 0 amide bonds. The van der Waals surface area contributed by atoms with E-state index in [0.29, 0.717) is 31.1 Å². The maximum Gasteiger partial charge on any atom is 0.231 e. The first-order valence-corrected chi connectivity index (χ1v) is 8.23. The van der Waals surface area contributed by atoms with Crippen LogP contribution in [0.4, 0.5) is 0 Å². The van der Waals surface area contributed by atoms with Gasteiger partial charge in [-0.1, -0.05) is 0 Å². The molecule has 0 N–H and O–H groups in total. The molecule has 12 heteroatoms. The Bertz CT molecular complexity index is 1040. The maximum atomic E-state index is 5.47. The molecule has 1 aliphatic rings. The van der Waals surface area contributed by atoms with E-state index >= 15 is 0 Å². The summed E-state index contributed by atoms with van der Waals surface area (Å²) in [6.45, 7) is 1.23. The minimum absolute atomic E-state index is 0.222. The van der Waals surface area contributed by atoms with Crippen LogP contribution in [0, 0.1) is 0 Å². The van der Waals surface area contributed by atoms with Crippen LogP contribution in [0.2, 0.25) is 0 Å². The van der Waals surface area contributed by atoms with E-state index in [1.807, 2.05) is 18.2 Å². The number of aryl methyl sites for hydroxylation is 2. The Hall–Kier alpha value is -3.83. The van der Waals surface area contributed by atoms with Gasteiger partial charge in [0.15, 0.2) is 17.3 Å². The molecule has 12 nitrogen and oxygen atoms in total. The zero-order valence-corrected chi connectivity index (χ0v) is 14.1. The first-order chi connectivity index (χ1) is 13.3. The van der Waals surface area contributed by atoms with Gasteiger partial charge in [-0.3, -0.25) is 0 Å². The van der Waals surface area contributed by atoms with E-state index in [-0.39, 0.29) is 6.79 Å². The van der Waals surface area contributed by atoms with Crippen LogP contribution in [0.15, 0.2) is 37.2 Å². The van der Waals surface area contributed by atoms with Crippen molar-refractivity contribution in [2.45, 2.75) is 19.5 Å². The average Bonchev–Trinajstić information content (AvgIpc) is 3.46. The van der Waals surface area contributed by atoms with Gasteiger partial charge < -0.3 is 9.47 Å². The third-order valence-electron chi connectivity index (χ3n) is 4.04. The number of aromatic nitrogens is 10. The zero-order chi connectivity index (χ0) is 18.1. The lowest BCUT2D eigenvalue weighted by molar-refractivity contribution is 0.174. The summed E-state index contributed by atoms with van der Waals surface area (Å²) in [5.74, 6) is 2.81. The van der Waals surface area contributed by atoms with Gasteiger partial charge in [0.2, 0.25) is 6.79 Å². The van der Waals surface area contributed by atoms with Gasteiger partial charge in [-0.2, -0.15) is 5.10 Å². The molecule has 136 valence electrons. The van der Waals surface area contributed by atoms with E-state index in [2.05, 4.69) is 35.7 Å². The van der Waals surface area contributed by atoms with Crippen LogP contribution in [-0.4, -0.2) is 56.5 Å². The summed E-state index contributed by atoms with van der Waals surface area (Å²) in [6.07, 6.45) is 5.27. The summed E-state index contributed by atoms with van der Waals surface area (Å²) in [6, 6.07) is 5.67. The topological polar surface area (TPSA) is 123 Å². The summed E-state index contributed by atoms with van der Waals surface area (Å²) in [5, 5.41) is 19.9. The second kappa shape index (κ2) is 6.48. The highest BCUT2D eigenvalue weighted by atomic mass is 16.7. The number of rotatable bonds is 6. The Balaban J connectivity index is 1.48. The molecule has 5 rings (SSSR count). The molecule has 1 aliphatic heterocycles. The summed E-state index contributed by atoms with van der Waals surface area (Å²) < 4.78 is 16.0. The van der Waals surface area contributed by atoms with E-state index < -0.39 is 0 Å².